The van der Waals surface area contributed by atoms with Gasteiger partial charge in [0.25, 0.3) is 0 Å². The maximum absolute atomic E-state index is 6.07. The van der Waals surface area contributed by atoms with Crippen LogP contribution in [-0.2, 0) is 10.8 Å². The maximum atomic E-state index is 6.07. The van der Waals surface area contributed by atoms with Gasteiger partial charge in [0.2, 0.25) is 0 Å². The standard InChI is InChI=1S/C11H22N2OSSi/c1-11(2,3)16(4,5)14-7-6-9-8-15-10(12)13-9/h8H,6-7H2,1-5H3,(H2,12,13). The Balaban J connectivity index is 2.41. The van der Waals surface area contributed by atoms with Crippen molar-refractivity contribution in [1.82, 2.24) is 4.98 Å². The van der Waals surface area contributed by atoms with E-state index in [0.29, 0.717) is 5.13 Å². The van der Waals surface area contributed by atoms with Crippen molar-refractivity contribution < 1.29 is 4.43 Å². The van der Waals surface area contributed by atoms with Crippen LogP contribution in [0.25, 0.3) is 0 Å². The van der Waals surface area contributed by atoms with Crippen LogP contribution in [0.5, 0.6) is 0 Å². The molecule has 3 nitrogen and oxygen atoms in total. The van der Waals surface area contributed by atoms with Gasteiger partial charge in [0.15, 0.2) is 13.4 Å². The van der Waals surface area contributed by atoms with Crippen molar-refractivity contribution in [3.63, 3.8) is 0 Å². The molecule has 16 heavy (non-hydrogen) atoms. The summed E-state index contributed by atoms with van der Waals surface area (Å²) in [6.45, 7) is 12.0. The minimum absolute atomic E-state index is 0.272. The molecule has 0 saturated heterocycles. The van der Waals surface area contributed by atoms with Crippen LogP contribution < -0.4 is 5.73 Å². The van der Waals surface area contributed by atoms with E-state index in [4.69, 9.17) is 10.2 Å². The Kier molecular flexibility index (Phi) is 4.15. The van der Waals surface area contributed by atoms with Gasteiger partial charge in [0.1, 0.15) is 0 Å². The number of nitrogens with zero attached hydrogens (tertiary/aromatic N) is 1. The van der Waals surface area contributed by atoms with Gasteiger partial charge in [0, 0.05) is 18.4 Å². The summed E-state index contributed by atoms with van der Waals surface area (Å²) in [7, 11) is -1.61. The van der Waals surface area contributed by atoms with Gasteiger partial charge in [-0.15, -0.1) is 11.3 Å². The zero-order valence-electron chi connectivity index (χ0n) is 10.8. The van der Waals surface area contributed by atoms with Gasteiger partial charge in [-0.2, -0.15) is 0 Å². The first kappa shape index (κ1) is 13.7. The zero-order valence-corrected chi connectivity index (χ0v) is 12.6. The molecule has 0 aromatic carbocycles. The lowest BCUT2D eigenvalue weighted by Crippen LogP contribution is -2.41. The Bertz CT molecular complexity index is 344. The molecule has 0 saturated carbocycles. The van der Waals surface area contributed by atoms with E-state index in [1.54, 1.807) is 0 Å². The average molecular weight is 258 g/mol. The highest BCUT2D eigenvalue weighted by atomic mass is 32.1. The molecule has 1 aromatic heterocycles. The lowest BCUT2D eigenvalue weighted by Gasteiger charge is -2.36. The van der Waals surface area contributed by atoms with Gasteiger partial charge in [-0.05, 0) is 18.1 Å². The smallest absolute Gasteiger partial charge is 0.191 e. The Labute approximate surface area is 103 Å². The van der Waals surface area contributed by atoms with Gasteiger partial charge in [0.05, 0.1) is 5.69 Å². The monoisotopic (exact) mass is 258 g/mol. The number of thiazole rings is 1. The molecule has 0 aliphatic carbocycles. The van der Waals surface area contributed by atoms with Crippen LogP contribution in [0.15, 0.2) is 5.38 Å². The number of nitrogen functional groups attached to an aromatic ring is 1. The fourth-order valence-electron chi connectivity index (χ4n) is 1.06. The van der Waals surface area contributed by atoms with Crippen LogP contribution >= 0.6 is 11.3 Å². The van der Waals surface area contributed by atoms with Crippen molar-refractivity contribution in [2.75, 3.05) is 12.3 Å². The molecule has 0 aliphatic heterocycles. The SMILES string of the molecule is CC(C)(C)[Si](C)(C)OCCc1csc(N)n1. The predicted molar refractivity (Wildman–Crippen MR) is 73.4 cm³/mol. The Morgan fingerprint density at radius 3 is 2.50 bits per heavy atom. The van der Waals surface area contributed by atoms with Crippen molar-refractivity contribution in [1.29, 1.82) is 0 Å². The first-order chi connectivity index (χ1) is 7.22. The third-order valence-electron chi connectivity index (χ3n) is 3.20. The summed E-state index contributed by atoms with van der Waals surface area (Å²) in [5.41, 5.74) is 6.62. The van der Waals surface area contributed by atoms with Crippen molar-refractivity contribution >= 4 is 24.8 Å². The highest BCUT2D eigenvalue weighted by Crippen LogP contribution is 2.36. The molecule has 0 radical (unpaired) electrons. The molecule has 0 spiro atoms. The lowest BCUT2D eigenvalue weighted by atomic mass is 10.2. The third-order valence-corrected chi connectivity index (χ3v) is 8.46. The Morgan fingerprint density at radius 2 is 2.06 bits per heavy atom. The summed E-state index contributed by atoms with van der Waals surface area (Å²) in [6, 6.07) is 0. The third kappa shape index (κ3) is 3.57. The van der Waals surface area contributed by atoms with Crippen molar-refractivity contribution in [3.8, 4) is 0 Å². The van der Waals surface area contributed by atoms with Crippen LogP contribution in [0, 0.1) is 0 Å². The van der Waals surface area contributed by atoms with E-state index < -0.39 is 8.32 Å². The highest BCUT2D eigenvalue weighted by molar-refractivity contribution is 7.13. The summed E-state index contributed by atoms with van der Waals surface area (Å²) in [6.07, 6.45) is 0.861. The van der Waals surface area contributed by atoms with Gasteiger partial charge >= 0.3 is 0 Å². The van der Waals surface area contributed by atoms with Crippen LogP contribution in [-0.4, -0.2) is 19.9 Å². The minimum atomic E-state index is -1.61. The summed E-state index contributed by atoms with van der Waals surface area (Å²) in [5, 5.41) is 2.92. The summed E-state index contributed by atoms with van der Waals surface area (Å²) in [5.74, 6) is 0. The first-order valence-electron chi connectivity index (χ1n) is 5.56. The van der Waals surface area contributed by atoms with E-state index in [1.165, 1.54) is 11.3 Å². The van der Waals surface area contributed by atoms with Gasteiger partial charge < -0.3 is 10.2 Å². The minimum Gasteiger partial charge on any atom is -0.416 e. The van der Waals surface area contributed by atoms with Crippen LogP contribution in [0.3, 0.4) is 0 Å². The van der Waals surface area contributed by atoms with Crippen molar-refractivity contribution in [3.05, 3.63) is 11.1 Å². The van der Waals surface area contributed by atoms with E-state index in [2.05, 4.69) is 38.8 Å². The molecule has 0 atom stereocenters. The van der Waals surface area contributed by atoms with E-state index in [-0.39, 0.29) is 5.04 Å². The second-order valence-electron chi connectivity index (χ2n) is 5.54. The van der Waals surface area contributed by atoms with Crippen LogP contribution in [0.4, 0.5) is 5.13 Å². The fourth-order valence-corrected chi connectivity index (χ4v) is 2.71. The molecule has 0 fully saturated rings. The molecular weight excluding hydrogens is 236 g/mol. The van der Waals surface area contributed by atoms with Crippen molar-refractivity contribution in [2.24, 2.45) is 0 Å². The Morgan fingerprint density at radius 1 is 1.44 bits per heavy atom. The number of hydrogen-bond acceptors (Lipinski definition) is 4. The molecular formula is C11H22N2OSSi. The van der Waals surface area contributed by atoms with Crippen LogP contribution in [0.1, 0.15) is 26.5 Å². The normalized spacial score (nSPS) is 13.1. The molecule has 0 amide bonds. The number of anilines is 1. The van der Waals surface area contributed by atoms with Gasteiger partial charge in [-0.3, -0.25) is 0 Å². The summed E-state index contributed by atoms with van der Waals surface area (Å²) < 4.78 is 6.07. The topological polar surface area (TPSA) is 48.1 Å². The number of nitrogens with two attached hydrogens (primary N) is 1. The predicted octanol–water partition coefficient (Wildman–Crippen LogP) is 3.29. The van der Waals surface area contributed by atoms with Crippen LogP contribution in [0.2, 0.25) is 18.1 Å². The Hall–Kier alpha value is -0.393. The zero-order chi connectivity index (χ0) is 12.4. The summed E-state index contributed by atoms with van der Waals surface area (Å²) >= 11 is 1.49. The lowest BCUT2D eigenvalue weighted by molar-refractivity contribution is 0.291. The number of rotatable bonds is 4. The van der Waals surface area contributed by atoms with Gasteiger partial charge in [-0.25, -0.2) is 4.98 Å². The first-order valence-corrected chi connectivity index (χ1v) is 9.35. The van der Waals surface area contributed by atoms with E-state index >= 15 is 0 Å². The van der Waals surface area contributed by atoms with E-state index in [0.717, 1.165) is 18.7 Å². The molecule has 1 aromatic rings. The maximum Gasteiger partial charge on any atom is 0.191 e. The molecule has 1 heterocycles. The molecule has 0 bridgehead atoms. The quantitative estimate of drug-likeness (QED) is 0.843. The molecule has 92 valence electrons. The molecule has 1 rings (SSSR count). The summed E-state index contributed by atoms with van der Waals surface area (Å²) in [4.78, 5) is 4.22. The fraction of sp³-hybridized carbons (Fsp3) is 0.727. The van der Waals surface area contributed by atoms with Crippen molar-refractivity contribution in [2.45, 2.75) is 45.3 Å². The average Bonchev–Trinajstić information content (AvgIpc) is 2.49. The molecule has 0 unspecified atom stereocenters. The number of hydrogen-bond donors (Lipinski definition) is 1. The molecule has 5 heteroatoms. The second kappa shape index (κ2) is 4.85. The molecule has 0 aliphatic rings. The number of aromatic nitrogens is 1. The second-order valence-corrected chi connectivity index (χ2v) is 11.2. The van der Waals surface area contributed by atoms with E-state index in [1.807, 2.05) is 5.38 Å². The van der Waals surface area contributed by atoms with Gasteiger partial charge in [-0.1, -0.05) is 20.8 Å². The molecule has 2 N–H and O–H groups in total. The van der Waals surface area contributed by atoms with E-state index in [9.17, 15) is 0 Å². The highest BCUT2D eigenvalue weighted by Gasteiger charge is 2.36. The largest absolute Gasteiger partial charge is 0.416 e.